The molecule has 3 heterocycles. The second-order valence-electron chi connectivity index (χ2n) is 11.1. The summed E-state index contributed by atoms with van der Waals surface area (Å²) in [6, 6.07) is 11.8. The van der Waals surface area contributed by atoms with E-state index in [9.17, 15) is 13.2 Å². The standard InChI is InChI=1S/C29H38N6O4S/c36-28(22-5-6-22)32-29-30-26-12-9-24(21-27(26)31-29)39-40(37,38)25-10-7-23(8-11-25)35-18-4-17-34(19-20-35)16-3-15-33-13-1-2-14-33/h7-12,21-22H,1-6,13-20H2,(H2,30,31,32,36). The first-order valence-corrected chi connectivity index (χ1v) is 15.9. The van der Waals surface area contributed by atoms with E-state index in [0.717, 1.165) is 57.7 Å². The van der Waals surface area contributed by atoms with Crippen LogP contribution in [0.25, 0.3) is 11.0 Å². The molecule has 11 heteroatoms. The van der Waals surface area contributed by atoms with Crippen molar-refractivity contribution in [2.45, 2.75) is 43.4 Å². The van der Waals surface area contributed by atoms with Gasteiger partial charge in [-0.2, -0.15) is 8.42 Å². The third-order valence-corrected chi connectivity index (χ3v) is 9.34. The molecule has 3 aliphatic rings. The van der Waals surface area contributed by atoms with Gasteiger partial charge in [0.25, 0.3) is 0 Å². The highest BCUT2D eigenvalue weighted by molar-refractivity contribution is 7.87. The van der Waals surface area contributed by atoms with Gasteiger partial charge in [-0.05, 0) is 108 Å². The van der Waals surface area contributed by atoms with Crippen LogP contribution in [0.15, 0.2) is 47.4 Å². The third-order valence-electron chi connectivity index (χ3n) is 8.08. The molecule has 2 N–H and O–H groups in total. The van der Waals surface area contributed by atoms with Gasteiger partial charge in [-0.15, -0.1) is 0 Å². The Hall–Kier alpha value is -3.15. The van der Waals surface area contributed by atoms with Gasteiger partial charge in [0, 0.05) is 37.3 Å². The van der Waals surface area contributed by atoms with Gasteiger partial charge >= 0.3 is 10.1 Å². The number of nitrogens with zero attached hydrogens (tertiary/aromatic N) is 4. The summed E-state index contributed by atoms with van der Waals surface area (Å²) in [5.74, 6) is 0.529. The normalized spacial score (nSPS) is 19.1. The average Bonchev–Trinajstić information content (AvgIpc) is 3.61. The molecule has 2 aromatic carbocycles. The first kappa shape index (κ1) is 27.0. The molecule has 1 saturated carbocycles. The van der Waals surface area contributed by atoms with Gasteiger partial charge in [-0.25, -0.2) is 4.98 Å². The summed E-state index contributed by atoms with van der Waals surface area (Å²) in [4.78, 5) is 27.0. The molecule has 1 aliphatic carbocycles. The van der Waals surface area contributed by atoms with Gasteiger partial charge < -0.3 is 23.9 Å². The molecule has 1 amide bonds. The Bertz CT molecular complexity index is 1430. The third kappa shape index (κ3) is 6.59. The zero-order chi connectivity index (χ0) is 27.5. The van der Waals surface area contributed by atoms with E-state index in [1.807, 2.05) is 12.1 Å². The SMILES string of the molecule is O=C(Nc1nc2cc(OS(=O)(=O)c3ccc(N4CCCN(CCCN5CCCC5)CC4)cc3)ccc2[nH]1)C1CC1. The maximum Gasteiger partial charge on any atom is 0.339 e. The van der Waals surface area contributed by atoms with Gasteiger partial charge in [0.2, 0.25) is 11.9 Å². The molecule has 0 unspecified atom stereocenters. The predicted octanol–water partition coefficient (Wildman–Crippen LogP) is 3.68. The summed E-state index contributed by atoms with van der Waals surface area (Å²) in [5, 5.41) is 2.77. The minimum Gasteiger partial charge on any atom is -0.379 e. The maximum atomic E-state index is 13.0. The van der Waals surface area contributed by atoms with Crippen LogP contribution in [-0.4, -0.2) is 86.5 Å². The summed E-state index contributed by atoms with van der Waals surface area (Å²) >= 11 is 0. The van der Waals surface area contributed by atoms with Crippen LogP contribution >= 0.6 is 0 Å². The molecular weight excluding hydrogens is 528 g/mol. The summed E-state index contributed by atoms with van der Waals surface area (Å²) in [5.41, 5.74) is 2.22. The van der Waals surface area contributed by atoms with Gasteiger partial charge in [-0.3, -0.25) is 10.1 Å². The van der Waals surface area contributed by atoms with Crippen molar-refractivity contribution in [3.05, 3.63) is 42.5 Å². The number of hydrogen-bond acceptors (Lipinski definition) is 8. The summed E-state index contributed by atoms with van der Waals surface area (Å²) in [7, 11) is -4.02. The van der Waals surface area contributed by atoms with Crippen LogP contribution in [0.3, 0.4) is 0 Å². The van der Waals surface area contributed by atoms with Crippen LogP contribution in [0.4, 0.5) is 11.6 Å². The number of imidazole rings is 1. The molecule has 214 valence electrons. The molecule has 3 fully saturated rings. The minimum absolute atomic E-state index is 0.0491. The van der Waals surface area contributed by atoms with Crippen molar-refractivity contribution >= 4 is 38.7 Å². The zero-order valence-corrected chi connectivity index (χ0v) is 23.7. The molecule has 10 nitrogen and oxygen atoms in total. The highest BCUT2D eigenvalue weighted by Crippen LogP contribution is 2.30. The number of H-pyrrole nitrogens is 1. The van der Waals surface area contributed by atoms with Crippen LogP contribution in [0.2, 0.25) is 0 Å². The van der Waals surface area contributed by atoms with Crippen molar-refractivity contribution in [3.63, 3.8) is 0 Å². The van der Waals surface area contributed by atoms with Crippen molar-refractivity contribution < 1.29 is 17.4 Å². The smallest absolute Gasteiger partial charge is 0.339 e. The summed E-state index contributed by atoms with van der Waals surface area (Å²) in [6.45, 7) is 8.86. The molecule has 0 radical (unpaired) electrons. The second-order valence-corrected chi connectivity index (χ2v) is 12.7. The molecule has 40 heavy (non-hydrogen) atoms. The molecule has 6 rings (SSSR count). The number of anilines is 2. The highest BCUT2D eigenvalue weighted by atomic mass is 32.2. The number of fused-ring (bicyclic) bond motifs is 1. The van der Waals surface area contributed by atoms with E-state index in [4.69, 9.17) is 4.18 Å². The molecule has 3 aromatic rings. The Balaban J connectivity index is 1.04. The lowest BCUT2D eigenvalue weighted by molar-refractivity contribution is -0.117. The number of carbonyl (C=O) groups excluding carboxylic acids is 1. The number of rotatable bonds is 10. The first-order chi connectivity index (χ1) is 19.4. The molecule has 0 atom stereocenters. The van der Waals surface area contributed by atoms with E-state index in [2.05, 4.69) is 30.0 Å². The molecule has 0 bridgehead atoms. The van der Waals surface area contributed by atoms with Crippen molar-refractivity contribution in [3.8, 4) is 5.75 Å². The lowest BCUT2D eigenvalue weighted by Gasteiger charge is -2.24. The number of nitrogens with one attached hydrogen (secondary N) is 2. The number of amides is 1. The Morgan fingerprint density at radius 2 is 1.65 bits per heavy atom. The summed E-state index contributed by atoms with van der Waals surface area (Å²) < 4.78 is 31.5. The number of carbonyl (C=O) groups is 1. The van der Waals surface area contributed by atoms with Gasteiger partial charge in [0.1, 0.15) is 10.6 Å². The van der Waals surface area contributed by atoms with Crippen molar-refractivity contribution in [1.82, 2.24) is 19.8 Å². The number of aromatic amines is 1. The van der Waals surface area contributed by atoms with E-state index in [-0.39, 0.29) is 22.5 Å². The lowest BCUT2D eigenvalue weighted by atomic mass is 10.2. The molecule has 2 saturated heterocycles. The Morgan fingerprint density at radius 3 is 2.40 bits per heavy atom. The second kappa shape index (κ2) is 11.8. The number of hydrogen-bond donors (Lipinski definition) is 2. The monoisotopic (exact) mass is 566 g/mol. The fourth-order valence-electron chi connectivity index (χ4n) is 5.64. The topological polar surface area (TPSA) is 111 Å². The van der Waals surface area contributed by atoms with E-state index in [1.165, 1.54) is 38.9 Å². The fraction of sp³-hybridized carbons (Fsp3) is 0.517. The number of likely N-dealkylation sites (tertiary alicyclic amines) is 1. The van der Waals surface area contributed by atoms with Crippen LogP contribution in [0.1, 0.15) is 38.5 Å². The van der Waals surface area contributed by atoms with E-state index >= 15 is 0 Å². The van der Waals surface area contributed by atoms with Crippen LogP contribution < -0.4 is 14.4 Å². The minimum atomic E-state index is -4.02. The van der Waals surface area contributed by atoms with E-state index < -0.39 is 10.1 Å². The molecule has 2 aliphatic heterocycles. The van der Waals surface area contributed by atoms with Crippen molar-refractivity contribution in [1.29, 1.82) is 0 Å². The molecule has 1 aromatic heterocycles. The maximum absolute atomic E-state index is 13.0. The summed E-state index contributed by atoms with van der Waals surface area (Å²) in [6.07, 6.45) is 6.80. The van der Waals surface area contributed by atoms with E-state index in [0.29, 0.717) is 17.0 Å². The largest absolute Gasteiger partial charge is 0.379 e. The number of benzene rings is 2. The molecule has 0 spiro atoms. The first-order valence-electron chi connectivity index (χ1n) is 14.5. The van der Waals surface area contributed by atoms with Gasteiger partial charge in [0.05, 0.1) is 11.0 Å². The fourth-order valence-corrected chi connectivity index (χ4v) is 6.56. The van der Waals surface area contributed by atoms with Crippen LogP contribution in [0.5, 0.6) is 5.75 Å². The highest BCUT2D eigenvalue weighted by Gasteiger charge is 2.30. The lowest BCUT2D eigenvalue weighted by Crippen LogP contribution is -2.33. The van der Waals surface area contributed by atoms with Crippen molar-refractivity contribution in [2.24, 2.45) is 5.92 Å². The van der Waals surface area contributed by atoms with Crippen molar-refractivity contribution in [2.75, 3.05) is 62.6 Å². The average molecular weight is 567 g/mol. The Kier molecular flexibility index (Phi) is 7.95. The zero-order valence-electron chi connectivity index (χ0n) is 22.8. The van der Waals surface area contributed by atoms with Gasteiger partial charge in [0.15, 0.2) is 0 Å². The Labute approximate surface area is 235 Å². The van der Waals surface area contributed by atoms with Crippen LogP contribution in [-0.2, 0) is 14.9 Å². The Morgan fingerprint density at radius 1 is 0.925 bits per heavy atom. The molecular formula is C29H38N6O4S. The quantitative estimate of drug-likeness (QED) is 0.358. The predicted molar refractivity (Wildman–Crippen MR) is 155 cm³/mol. The van der Waals surface area contributed by atoms with E-state index in [1.54, 1.807) is 30.3 Å². The van der Waals surface area contributed by atoms with Gasteiger partial charge in [-0.1, -0.05) is 0 Å². The van der Waals surface area contributed by atoms with Crippen LogP contribution in [0, 0.1) is 5.92 Å². The number of aromatic nitrogens is 2.